The van der Waals surface area contributed by atoms with E-state index in [4.69, 9.17) is 16.3 Å². The third-order valence-corrected chi connectivity index (χ3v) is 4.23. The maximum absolute atomic E-state index is 5.91. The van der Waals surface area contributed by atoms with Gasteiger partial charge in [-0.3, -0.25) is 0 Å². The van der Waals surface area contributed by atoms with Gasteiger partial charge in [0.2, 0.25) is 0 Å². The van der Waals surface area contributed by atoms with Crippen LogP contribution < -0.4 is 10.1 Å². The summed E-state index contributed by atoms with van der Waals surface area (Å²) in [4.78, 5) is 0. The van der Waals surface area contributed by atoms with Crippen molar-refractivity contribution in [1.29, 1.82) is 0 Å². The monoisotopic (exact) mass is 387 g/mol. The molecular weight excluding hydrogens is 365 g/mol. The van der Waals surface area contributed by atoms with Gasteiger partial charge in [0.25, 0.3) is 0 Å². The molecule has 0 aliphatic rings. The lowest BCUT2D eigenvalue weighted by Gasteiger charge is -2.09. The second kappa shape index (κ2) is 10.9. The van der Waals surface area contributed by atoms with Gasteiger partial charge in [0, 0.05) is 11.6 Å². The molecule has 0 fully saturated rings. The molecule has 0 radical (unpaired) electrons. The van der Waals surface area contributed by atoms with Crippen LogP contribution >= 0.6 is 24.0 Å². The molecule has 0 bridgehead atoms. The van der Waals surface area contributed by atoms with Crippen LogP contribution in [0.2, 0.25) is 5.02 Å². The lowest BCUT2D eigenvalue weighted by molar-refractivity contribution is 0.306. The number of nitrogens with one attached hydrogen (secondary N) is 1. The van der Waals surface area contributed by atoms with Gasteiger partial charge in [-0.2, -0.15) is 0 Å². The molecule has 0 aromatic heterocycles. The van der Waals surface area contributed by atoms with E-state index in [0.717, 1.165) is 30.3 Å². The highest BCUT2D eigenvalue weighted by molar-refractivity contribution is 6.30. The van der Waals surface area contributed by atoms with Crippen molar-refractivity contribution in [3.63, 3.8) is 0 Å². The van der Waals surface area contributed by atoms with Crippen LogP contribution in [0, 0.1) is 0 Å². The Labute approximate surface area is 166 Å². The first kappa shape index (κ1) is 20.3. The quantitative estimate of drug-likeness (QED) is 0.502. The van der Waals surface area contributed by atoms with Gasteiger partial charge < -0.3 is 10.1 Å². The maximum atomic E-state index is 5.91. The molecule has 26 heavy (non-hydrogen) atoms. The Morgan fingerprint density at radius 2 is 1.50 bits per heavy atom. The predicted molar refractivity (Wildman–Crippen MR) is 111 cm³/mol. The zero-order valence-electron chi connectivity index (χ0n) is 14.5. The number of hydrogen-bond acceptors (Lipinski definition) is 2. The molecule has 0 unspecified atom stereocenters. The van der Waals surface area contributed by atoms with Crippen LogP contribution in [0.4, 0.5) is 0 Å². The first-order valence-electron chi connectivity index (χ1n) is 8.50. The van der Waals surface area contributed by atoms with Crippen molar-refractivity contribution in [3.8, 4) is 5.75 Å². The van der Waals surface area contributed by atoms with E-state index in [2.05, 4.69) is 41.7 Å². The zero-order chi connectivity index (χ0) is 17.3. The second-order valence-electron chi connectivity index (χ2n) is 5.97. The van der Waals surface area contributed by atoms with Gasteiger partial charge in [0.1, 0.15) is 12.4 Å². The molecule has 4 heteroatoms. The van der Waals surface area contributed by atoms with Crippen molar-refractivity contribution in [2.75, 3.05) is 6.54 Å². The molecule has 2 nitrogen and oxygen atoms in total. The smallest absolute Gasteiger partial charge is 0.120 e. The first-order valence-corrected chi connectivity index (χ1v) is 8.88. The molecule has 136 valence electrons. The van der Waals surface area contributed by atoms with Crippen molar-refractivity contribution in [3.05, 3.63) is 101 Å². The van der Waals surface area contributed by atoms with E-state index >= 15 is 0 Å². The van der Waals surface area contributed by atoms with Gasteiger partial charge in [-0.15, -0.1) is 12.4 Å². The summed E-state index contributed by atoms with van der Waals surface area (Å²) in [7, 11) is 0. The Kier molecular flexibility index (Phi) is 8.49. The molecule has 0 spiro atoms. The fourth-order valence-electron chi connectivity index (χ4n) is 2.60. The van der Waals surface area contributed by atoms with Crippen LogP contribution in [0.25, 0.3) is 0 Å². The number of benzene rings is 3. The van der Waals surface area contributed by atoms with E-state index in [1.807, 2.05) is 42.5 Å². The van der Waals surface area contributed by atoms with E-state index in [1.54, 1.807) is 0 Å². The summed E-state index contributed by atoms with van der Waals surface area (Å²) in [5.74, 6) is 0.904. The lowest BCUT2D eigenvalue weighted by atomic mass is 10.1. The van der Waals surface area contributed by atoms with Crippen LogP contribution in [0.1, 0.15) is 16.7 Å². The largest absolute Gasteiger partial charge is 0.489 e. The number of rotatable bonds is 8. The molecule has 0 amide bonds. The fraction of sp³-hybridized carbons (Fsp3) is 0.182. The average molecular weight is 388 g/mol. The van der Waals surface area contributed by atoms with Gasteiger partial charge >= 0.3 is 0 Å². The third kappa shape index (κ3) is 6.72. The highest BCUT2D eigenvalue weighted by Gasteiger charge is 1.99. The third-order valence-electron chi connectivity index (χ3n) is 3.98. The summed E-state index contributed by atoms with van der Waals surface area (Å²) in [5.41, 5.74) is 3.69. The molecule has 0 saturated heterocycles. The molecule has 3 aromatic rings. The molecule has 1 N–H and O–H groups in total. The molecule has 0 saturated carbocycles. The Balaban J connectivity index is 0.00000243. The first-order chi connectivity index (χ1) is 12.3. The molecular formula is C22H23Cl2NO. The number of ether oxygens (including phenoxy) is 1. The molecule has 0 aliphatic heterocycles. The summed E-state index contributed by atoms with van der Waals surface area (Å²) in [6.45, 7) is 2.35. The Bertz CT molecular complexity index is 776. The van der Waals surface area contributed by atoms with Gasteiger partial charge in [-0.25, -0.2) is 0 Å². The molecule has 0 atom stereocenters. The minimum absolute atomic E-state index is 0. The molecule has 0 heterocycles. The summed E-state index contributed by atoms with van der Waals surface area (Å²) < 4.78 is 5.88. The topological polar surface area (TPSA) is 21.3 Å². The van der Waals surface area contributed by atoms with Crippen molar-refractivity contribution in [1.82, 2.24) is 5.32 Å². The molecule has 3 rings (SSSR count). The van der Waals surface area contributed by atoms with Crippen molar-refractivity contribution >= 4 is 24.0 Å². The van der Waals surface area contributed by atoms with E-state index in [0.29, 0.717) is 6.61 Å². The van der Waals surface area contributed by atoms with Crippen molar-refractivity contribution in [2.24, 2.45) is 0 Å². The van der Waals surface area contributed by atoms with E-state index in [-0.39, 0.29) is 12.4 Å². The number of hydrogen-bond donors (Lipinski definition) is 1. The highest BCUT2D eigenvalue weighted by atomic mass is 35.5. The summed E-state index contributed by atoms with van der Waals surface area (Å²) in [5, 5.41) is 4.26. The summed E-state index contributed by atoms with van der Waals surface area (Å²) in [6.07, 6.45) is 0.987. The Morgan fingerprint density at radius 1 is 0.769 bits per heavy atom. The summed E-state index contributed by atoms with van der Waals surface area (Å²) >= 11 is 5.91. The second-order valence-corrected chi connectivity index (χ2v) is 6.41. The predicted octanol–water partition coefficient (Wildman–Crippen LogP) is 5.67. The number of halogens is 2. The average Bonchev–Trinajstić information content (AvgIpc) is 2.66. The van der Waals surface area contributed by atoms with E-state index in [9.17, 15) is 0 Å². The fourth-order valence-corrected chi connectivity index (χ4v) is 2.73. The minimum Gasteiger partial charge on any atom is -0.489 e. The highest BCUT2D eigenvalue weighted by Crippen LogP contribution is 2.15. The van der Waals surface area contributed by atoms with Gasteiger partial charge in [-0.05, 0) is 53.9 Å². The summed E-state index contributed by atoms with van der Waals surface area (Å²) in [6, 6.07) is 26.5. The van der Waals surface area contributed by atoms with Gasteiger partial charge in [-0.1, -0.05) is 66.2 Å². The normalized spacial score (nSPS) is 10.2. The minimum atomic E-state index is 0. The van der Waals surface area contributed by atoms with Crippen LogP contribution in [-0.4, -0.2) is 6.54 Å². The lowest BCUT2D eigenvalue weighted by Crippen LogP contribution is -2.16. The SMILES string of the molecule is Cl.Clc1ccc(CCNCc2cccc(OCc3ccccc3)c2)cc1. The standard InChI is InChI=1S/C22H22ClNO.ClH/c23-21-11-9-18(10-12-21)13-14-24-16-20-7-4-8-22(15-20)25-17-19-5-2-1-3-6-19;/h1-12,15,24H,13-14,16-17H2;1H. The maximum Gasteiger partial charge on any atom is 0.120 e. The van der Waals surface area contributed by atoms with Crippen LogP contribution in [0.15, 0.2) is 78.9 Å². The van der Waals surface area contributed by atoms with Crippen molar-refractivity contribution in [2.45, 2.75) is 19.6 Å². The van der Waals surface area contributed by atoms with Gasteiger partial charge in [0.05, 0.1) is 0 Å². The molecule has 0 aliphatic carbocycles. The van der Waals surface area contributed by atoms with Gasteiger partial charge in [0.15, 0.2) is 0 Å². The Hall–Kier alpha value is -2.00. The molecule has 3 aromatic carbocycles. The zero-order valence-corrected chi connectivity index (χ0v) is 16.1. The van der Waals surface area contributed by atoms with Crippen LogP contribution in [0.5, 0.6) is 5.75 Å². The van der Waals surface area contributed by atoms with Crippen LogP contribution in [0.3, 0.4) is 0 Å². The van der Waals surface area contributed by atoms with Crippen molar-refractivity contribution < 1.29 is 4.74 Å². The van der Waals surface area contributed by atoms with Crippen LogP contribution in [-0.2, 0) is 19.6 Å². The Morgan fingerprint density at radius 3 is 2.27 bits per heavy atom. The van der Waals surface area contributed by atoms with E-state index in [1.165, 1.54) is 16.7 Å². The van der Waals surface area contributed by atoms with E-state index < -0.39 is 0 Å².